The predicted molar refractivity (Wildman–Crippen MR) is 263 cm³/mol. The molecule has 0 radical (unpaired) electrons. The van der Waals surface area contributed by atoms with Gasteiger partial charge in [0.25, 0.3) is 0 Å². The third-order valence-corrected chi connectivity index (χ3v) is 13.1. The van der Waals surface area contributed by atoms with Gasteiger partial charge in [0.05, 0.1) is 16.7 Å². The van der Waals surface area contributed by atoms with Crippen molar-refractivity contribution < 1.29 is 0 Å². The van der Waals surface area contributed by atoms with Gasteiger partial charge in [0.1, 0.15) is 0 Å². The molecule has 0 aliphatic heterocycles. The zero-order valence-corrected chi connectivity index (χ0v) is 34.7. The van der Waals surface area contributed by atoms with Gasteiger partial charge in [-0.05, 0) is 135 Å². The molecule has 1 aromatic heterocycles. The molecule has 1 aliphatic rings. The molecule has 0 unspecified atom stereocenters. The Morgan fingerprint density at radius 1 is 0.355 bits per heavy atom. The Labute approximate surface area is 362 Å². The van der Waals surface area contributed by atoms with Crippen LogP contribution in [0, 0.1) is 0 Å². The number of hydrogen-bond donors (Lipinski definition) is 0. The Bertz CT molecular complexity index is 3490. The maximum Gasteiger partial charge on any atom is 0.0561 e. The summed E-state index contributed by atoms with van der Waals surface area (Å²) in [6.45, 7) is 4.81. The normalized spacial score (nSPS) is 12.8. The van der Waals surface area contributed by atoms with Crippen molar-refractivity contribution in [1.82, 2.24) is 4.57 Å². The van der Waals surface area contributed by atoms with E-state index in [2.05, 4.69) is 253 Å². The van der Waals surface area contributed by atoms with E-state index in [9.17, 15) is 0 Å². The van der Waals surface area contributed by atoms with Crippen LogP contribution in [0.3, 0.4) is 0 Å². The highest BCUT2D eigenvalue weighted by atomic mass is 15.2. The first kappa shape index (κ1) is 36.0. The summed E-state index contributed by atoms with van der Waals surface area (Å²) in [7, 11) is 0. The van der Waals surface area contributed by atoms with Crippen LogP contribution in [0.25, 0.3) is 60.2 Å². The summed E-state index contributed by atoms with van der Waals surface area (Å²) in [6.07, 6.45) is 0. The second kappa shape index (κ2) is 14.1. The van der Waals surface area contributed by atoms with Gasteiger partial charge < -0.3 is 14.4 Å². The fourth-order valence-electron chi connectivity index (χ4n) is 10.3. The van der Waals surface area contributed by atoms with Gasteiger partial charge in [0, 0.05) is 50.3 Å². The summed E-state index contributed by atoms with van der Waals surface area (Å²) < 4.78 is 2.39. The van der Waals surface area contributed by atoms with Crippen LogP contribution < -0.4 is 9.80 Å². The maximum atomic E-state index is 2.47. The molecule has 0 saturated heterocycles. The molecule has 10 aromatic carbocycles. The van der Waals surface area contributed by atoms with Crippen LogP contribution in [-0.4, -0.2) is 4.57 Å². The Hall–Kier alpha value is -7.88. The number of rotatable bonds is 7. The number of hydrogen-bond acceptors (Lipinski definition) is 2. The number of aromatic nitrogens is 1. The highest BCUT2D eigenvalue weighted by Crippen LogP contribution is 2.55. The molecular formula is C59H43N3. The zero-order valence-electron chi connectivity index (χ0n) is 34.7. The minimum absolute atomic E-state index is 0.264. The van der Waals surface area contributed by atoms with Gasteiger partial charge in [-0.3, -0.25) is 0 Å². The Morgan fingerprint density at radius 2 is 0.935 bits per heavy atom. The van der Waals surface area contributed by atoms with Crippen LogP contribution in [0.2, 0.25) is 0 Å². The lowest BCUT2D eigenvalue weighted by Crippen LogP contribution is -2.21. The number of fused-ring (bicyclic) bond motifs is 9. The fourth-order valence-corrected chi connectivity index (χ4v) is 10.3. The molecule has 0 N–H and O–H groups in total. The van der Waals surface area contributed by atoms with Gasteiger partial charge in [-0.15, -0.1) is 0 Å². The van der Waals surface area contributed by atoms with E-state index in [4.69, 9.17) is 0 Å². The second-order valence-electron chi connectivity index (χ2n) is 17.0. The number of anilines is 6. The lowest BCUT2D eigenvalue weighted by molar-refractivity contribution is 0.661. The first-order valence-electron chi connectivity index (χ1n) is 21.5. The Morgan fingerprint density at radius 3 is 1.71 bits per heavy atom. The standard InChI is InChI=1S/C59H43N3/c1-59(2)54-39-52-41(33-32-40-18-12-13-27-48(40)52)36-53(54)51-29-17-31-56(58(51)59)61(43-21-8-4-9-22-43)46-26-16-25-45(37-46)60(42-19-6-3-7-20-42)47-34-35-50-49-28-14-15-30-55(49)62(57(50)38-47)44-23-10-5-11-24-44/h3-39H,1-2H3. The van der Waals surface area contributed by atoms with E-state index in [-0.39, 0.29) is 5.41 Å². The second-order valence-corrected chi connectivity index (χ2v) is 17.0. The van der Waals surface area contributed by atoms with Crippen LogP contribution in [0.5, 0.6) is 0 Å². The third kappa shape index (κ3) is 5.59. The highest BCUT2D eigenvalue weighted by molar-refractivity contribution is 6.11. The Balaban J connectivity index is 1.04. The summed E-state index contributed by atoms with van der Waals surface area (Å²) >= 11 is 0. The topological polar surface area (TPSA) is 11.4 Å². The van der Waals surface area contributed by atoms with Crippen molar-refractivity contribution in [3.63, 3.8) is 0 Å². The van der Waals surface area contributed by atoms with Crippen molar-refractivity contribution in [3.05, 3.63) is 236 Å². The van der Waals surface area contributed by atoms with E-state index in [1.54, 1.807) is 0 Å². The molecule has 12 rings (SSSR count). The van der Waals surface area contributed by atoms with E-state index in [0.29, 0.717) is 0 Å². The quantitative estimate of drug-likeness (QED) is 0.149. The molecule has 294 valence electrons. The van der Waals surface area contributed by atoms with Gasteiger partial charge in [0.15, 0.2) is 0 Å². The van der Waals surface area contributed by atoms with E-state index >= 15 is 0 Å². The van der Waals surface area contributed by atoms with Crippen molar-refractivity contribution in [1.29, 1.82) is 0 Å². The SMILES string of the molecule is CC1(C)c2cc3c(ccc4ccccc43)cc2-c2cccc(N(c3ccccc3)c3cccc(N(c4ccccc4)c4ccc5c6ccccc6n(-c6ccccc6)c5c4)c3)c21. The van der Waals surface area contributed by atoms with Crippen molar-refractivity contribution in [3.8, 4) is 16.8 Å². The zero-order chi connectivity index (χ0) is 41.4. The molecule has 0 amide bonds. The van der Waals surface area contributed by atoms with Crippen LogP contribution in [0.1, 0.15) is 25.0 Å². The third-order valence-electron chi connectivity index (χ3n) is 13.1. The van der Waals surface area contributed by atoms with Gasteiger partial charge in [-0.2, -0.15) is 0 Å². The summed E-state index contributed by atoms with van der Waals surface area (Å²) in [6, 6.07) is 82.1. The lowest BCUT2D eigenvalue weighted by Gasteiger charge is -2.33. The molecule has 0 fully saturated rings. The minimum Gasteiger partial charge on any atom is -0.310 e. The first-order chi connectivity index (χ1) is 30.5. The summed E-state index contributed by atoms with van der Waals surface area (Å²) in [5.41, 5.74) is 15.2. The average molecular weight is 794 g/mol. The molecule has 0 saturated carbocycles. The predicted octanol–water partition coefficient (Wildman–Crippen LogP) is 16.3. The highest BCUT2D eigenvalue weighted by Gasteiger charge is 2.39. The molecule has 0 spiro atoms. The molecule has 11 aromatic rings. The number of nitrogens with zero attached hydrogens (tertiary/aromatic N) is 3. The van der Waals surface area contributed by atoms with Crippen molar-refractivity contribution in [2.75, 3.05) is 9.80 Å². The largest absolute Gasteiger partial charge is 0.310 e. The average Bonchev–Trinajstić information content (AvgIpc) is 3.77. The molecular weight excluding hydrogens is 751 g/mol. The smallest absolute Gasteiger partial charge is 0.0561 e. The summed E-state index contributed by atoms with van der Waals surface area (Å²) in [4.78, 5) is 4.86. The van der Waals surface area contributed by atoms with E-state index in [1.807, 2.05) is 0 Å². The van der Waals surface area contributed by atoms with Crippen LogP contribution in [-0.2, 0) is 5.41 Å². The van der Waals surface area contributed by atoms with E-state index < -0.39 is 0 Å². The molecule has 3 nitrogen and oxygen atoms in total. The molecule has 1 aliphatic carbocycles. The lowest BCUT2D eigenvalue weighted by atomic mass is 9.80. The van der Waals surface area contributed by atoms with Crippen LogP contribution in [0.15, 0.2) is 224 Å². The molecule has 3 heteroatoms. The van der Waals surface area contributed by atoms with Crippen LogP contribution in [0.4, 0.5) is 34.1 Å². The van der Waals surface area contributed by atoms with Gasteiger partial charge >= 0.3 is 0 Å². The minimum atomic E-state index is -0.264. The maximum absolute atomic E-state index is 2.47. The van der Waals surface area contributed by atoms with E-state index in [0.717, 1.165) is 34.1 Å². The monoisotopic (exact) mass is 793 g/mol. The molecule has 62 heavy (non-hydrogen) atoms. The van der Waals surface area contributed by atoms with Gasteiger partial charge in [-0.25, -0.2) is 0 Å². The van der Waals surface area contributed by atoms with Gasteiger partial charge in [-0.1, -0.05) is 147 Å². The van der Waals surface area contributed by atoms with Gasteiger partial charge in [0.2, 0.25) is 0 Å². The summed E-state index contributed by atoms with van der Waals surface area (Å²) in [5, 5.41) is 7.62. The number of para-hydroxylation sites is 4. The number of benzene rings is 10. The molecule has 0 atom stereocenters. The first-order valence-corrected chi connectivity index (χ1v) is 21.5. The Kier molecular flexibility index (Phi) is 8.20. The van der Waals surface area contributed by atoms with E-state index in [1.165, 1.54) is 71.3 Å². The molecule has 1 heterocycles. The molecule has 0 bridgehead atoms. The summed E-state index contributed by atoms with van der Waals surface area (Å²) in [5.74, 6) is 0. The fraction of sp³-hybridized carbons (Fsp3) is 0.0508. The van der Waals surface area contributed by atoms with Crippen molar-refractivity contribution >= 4 is 77.5 Å². The van der Waals surface area contributed by atoms with Crippen molar-refractivity contribution in [2.45, 2.75) is 19.3 Å². The van der Waals surface area contributed by atoms with Crippen LogP contribution >= 0.6 is 0 Å². The van der Waals surface area contributed by atoms with Crippen molar-refractivity contribution in [2.24, 2.45) is 0 Å².